The van der Waals surface area contributed by atoms with Gasteiger partial charge in [0.25, 0.3) is 5.91 Å². The zero-order valence-corrected chi connectivity index (χ0v) is 14.8. The lowest BCUT2D eigenvalue weighted by molar-refractivity contribution is 0.0782. The maximum absolute atomic E-state index is 14.3. The minimum Gasteiger partial charge on any atom is -0.508 e. The van der Waals surface area contributed by atoms with Crippen LogP contribution in [0.2, 0.25) is 0 Å². The first-order valence-electron chi connectivity index (χ1n) is 9.35. The summed E-state index contributed by atoms with van der Waals surface area (Å²) >= 11 is 0. The first-order chi connectivity index (χ1) is 13.1. The molecule has 0 spiro atoms. The number of hydrogen-bond donors (Lipinski definition) is 2. The molecular formula is C21H20FN3O2. The van der Waals surface area contributed by atoms with E-state index in [2.05, 4.69) is 10.2 Å². The number of hydrogen-bond acceptors (Lipinski definition) is 3. The number of nitrogens with zero attached hydrogens (tertiary/aromatic N) is 2. The van der Waals surface area contributed by atoms with Crippen molar-refractivity contribution >= 4 is 16.8 Å². The number of halogens is 1. The van der Waals surface area contributed by atoms with Gasteiger partial charge in [-0.2, -0.15) is 5.10 Å². The summed E-state index contributed by atoms with van der Waals surface area (Å²) in [5.74, 6) is 0.733. The molecule has 138 valence electrons. The average Bonchev–Trinajstić information content (AvgIpc) is 3.37. The molecule has 1 aliphatic heterocycles. The Bertz CT molecular complexity index is 1030. The van der Waals surface area contributed by atoms with Gasteiger partial charge in [0, 0.05) is 24.0 Å². The SMILES string of the molecule is O=C(c1cc(-c2cc(O)ccc2F)cc2[nH]ncc12)N1CC2CCCC2C1. The Morgan fingerprint density at radius 2 is 1.96 bits per heavy atom. The van der Waals surface area contributed by atoms with Gasteiger partial charge in [-0.25, -0.2) is 4.39 Å². The summed E-state index contributed by atoms with van der Waals surface area (Å²) in [6, 6.07) is 7.39. The number of aromatic hydroxyl groups is 1. The number of likely N-dealkylation sites (tertiary alicyclic amines) is 1. The van der Waals surface area contributed by atoms with Gasteiger partial charge in [0.2, 0.25) is 0 Å². The lowest BCUT2D eigenvalue weighted by atomic mass is 9.99. The predicted molar refractivity (Wildman–Crippen MR) is 99.9 cm³/mol. The number of H-pyrrole nitrogens is 1. The normalized spacial score (nSPS) is 21.7. The molecule has 1 saturated carbocycles. The van der Waals surface area contributed by atoms with Crippen molar-refractivity contribution in [1.29, 1.82) is 0 Å². The molecule has 1 amide bonds. The highest BCUT2D eigenvalue weighted by Gasteiger charge is 2.38. The van der Waals surface area contributed by atoms with Crippen molar-refractivity contribution in [2.75, 3.05) is 13.1 Å². The molecule has 1 saturated heterocycles. The third-order valence-corrected chi connectivity index (χ3v) is 6.06. The molecule has 2 aliphatic rings. The third-order valence-electron chi connectivity index (χ3n) is 6.06. The molecular weight excluding hydrogens is 345 g/mol. The van der Waals surface area contributed by atoms with Crippen LogP contribution < -0.4 is 0 Å². The predicted octanol–water partition coefficient (Wildman–Crippen LogP) is 3.95. The second-order valence-electron chi connectivity index (χ2n) is 7.68. The number of rotatable bonds is 2. The van der Waals surface area contributed by atoms with E-state index in [1.807, 2.05) is 4.90 Å². The fourth-order valence-electron chi connectivity index (χ4n) is 4.69. The monoisotopic (exact) mass is 365 g/mol. The quantitative estimate of drug-likeness (QED) is 0.723. The molecule has 2 aromatic carbocycles. The number of phenolic OH excluding ortho intramolecular Hbond substituents is 1. The molecule has 5 rings (SSSR count). The van der Waals surface area contributed by atoms with Crippen LogP contribution in [-0.2, 0) is 0 Å². The van der Waals surface area contributed by atoms with Gasteiger partial charge in [0.05, 0.1) is 17.3 Å². The van der Waals surface area contributed by atoms with E-state index in [-0.39, 0.29) is 17.2 Å². The average molecular weight is 365 g/mol. The van der Waals surface area contributed by atoms with Crippen molar-refractivity contribution in [3.63, 3.8) is 0 Å². The second-order valence-corrected chi connectivity index (χ2v) is 7.68. The Kier molecular flexibility index (Phi) is 3.67. The molecule has 5 nitrogen and oxygen atoms in total. The number of carbonyl (C=O) groups excluding carboxylic acids is 1. The second kappa shape index (κ2) is 6.08. The zero-order valence-electron chi connectivity index (χ0n) is 14.8. The van der Waals surface area contributed by atoms with Crippen LogP contribution in [0.25, 0.3) is 22.0 Å². The highest BCUT2D eigenvalue weighted by atomic mass is 19.1. The van der Waals surface area contributed by atoms with Crippen molar-refractivity contribution in [2.24, 2.45) is 11.8 Å². The van der Waals surface area contributed by atoms with Crippen LogP contribution in [0.5, 0.6) is 5.75 Å². The van der Waals surface area contributed by atoms with Crippen LogP contribution in [0.3, 0.4) is 0 Å². The van der Waals surface area contributed by atoms with Crippen molar-refractivity contribution in [3.8, 4) is 16.9 Å². The first-order valence-corrected chi connectivity index (χ1v) is 9.35. The van der Waals surface area contributed by atoms with Crippen molar-refractivity contribution in [1.82, 2.24) is 15.1 Å². The molecule has 2 unspecified atom stereocenters. The zero-order chi connectivity index (χ0) is 18.5. The number of carbonyl (C=O) groups is 1. The summed E-state index contributed by atoms with van der Waals surface area (Å²) in [5, 5.41) is 17.4. The fourth-order valence-corrected chi connectivity index (χ4v) is 4.69. The molecule has 2 heterocycles. The number of benzene rings is 2. The van der Waals surface area contributed by atoms with Gasteiger partial charge in [-0.3, -0.25) is 9.89 Å². The van der Waals surface area contributed by atoms with Crippen LogP contribution in [0.15, 0.2) is 36.5 Å². The number of amides is 1. The summed E-state index contributed by atoms with van der Waals surface area (Å²) in [5.41, 5.74) is 2.01. The number of phenols is 1. The van der Waals surface area contributed by atoms with Gasteiger partial charge in [0.15, 0.2) is 0 Å². The minimum atomic E-state index is -0.444. The lowest BCUT2D eigenvalue weighted by Crippen LogP contribution is -2.29. The largest absolute Gasteiger partial charge is 0.508 e. The van der Waals surface area contributed by atoms with Crippen molar-refractivity contribution in [3.05, 3.63) is 47.9 Å². The Hall–Kier alpha value is -2.89. The molecule has 0 bridgehead atoms. The molecule has 2 N–H and O–H groups in total. The van der Waals surface area contributed by atoms with Crippen molar-refractivity contribution < 1.29 is 14.3 Å². The number of aromatic amines is 1. The summed E-state index contributed by atoms with van der Waals surface area (Å²) in [4.78, 5) is 15.2. The van der Waals surface area contributed by atoms with Crippen LogP contribution >= 0.6 is 0 Å². The third kappa shape index (κ3) is 2.67. The van der Waals surface area contributed by atoms with E-state index in [1.165, 1.54) is 37.5 Å². The Balaban J connectivity index is 1.58. The molecule has 2 fully saturated rings. The molecule has 2 atom stereocenters. The van der Waals surface area contributed by atoms with E-state index in [0.29, 0.717) is 28.5 Å². The number of nitrogens with one attached hydrogen (secondary N) is 1. The molecule has 1 aliphatic carbocycles. The fraction of sp³-hybridized carbons (Fsp3) is 0.333. The maximum Gasteiger partial charge on any atom is 0.254 e. The van der Waals surface area contributed by atoms with Gasteiger partial charge in [0.1, 0.15) is 11.6 Å². The van der Waals surface area contributed by atoms with Gasteiger partial charge >= 0.3 is 0 Å². The van der Waals surface area contributed by atoms with Gasteiger partial charge in [-0.15, -0.1) is 0 Å². The summed E-state index contributed by atoms with van der Waals surface area (Å²) in [6.45, 7) is 1.60. The molecule has 0 radical (unpaired) electrons. The van der Waals surface area contributed by atoms with E-state index in [9.17, 15) is 14.3 Å². The molecule has 27 heavy (non-hydrogen) atoms. The minimum absolute atomic E-state index is 0.0173. The van der Waals surface area contributed by atoms with E-state index in [0.717, 1.165) is 18.5 Å². The summed E-state index contributed by atoms with van der Waals surface area (Å²) in [7, 11) is 0. The topological polar surface area (TPSA) is 69.2 Å². The molecule has 1 aromatic heterocycles. The van der Waals surface area contributed by atoms with Crippen molar-refractivity contribution in [2.45, 2.75) is 19.3 Å². The van der Waals surface area contributed by atoms with E-state index >= 15 is 0 Å². The van der Waals surface area contributed by atoms with Crippen LogP contribution in [0.1, 0.15) is 29.6 Å². The van der Waals surface area contributed by atoms with Crippen LogP contribution in [0, 0.1) is 17.7 Å². The van der Waals surface area contributed by atoms with Gasteiger partial charge in [-0.05, 0) is 60.6 Å². The standard InChI is InChI=1S/C21H20FN3O2/c22-19-5-4-15(26)8-16(19)14-6-17(18-9-23-24-20(18)7-14)21(27)25-10-12-2-1-3-13(12)11-25/h4-9,12-13,26H,1-3,10-11H2,(H,23,24). The van der Waals surface area contributed by atoms with E-state index < -0.39 is 5.82 Å². The Morgan fingerprint density at radius 1 is 1.19 bits per heavy atom. The summed E-state index contributed by atoms with van der Waals surface area (Å²) in [6.07, 6.45) is 5.30. The highest BCUT2D eigenvalue weighted by molar-refractivity contribution is 6.08. The van der Waals surface area contributed by atoms with Gasteiger partial charge < -0.3 is 10.0 Å². The Morgan fingerprint density at radius 3 is 2.74 bits per heavy atom. The number of fused-ring (bicyclic) bond motifs is 2. The highest BCUT2D eigenvalue weighted by Crippen LogP contribution is 2.39. The molecule has 6 heteroatoms. The first kappa shape index (κ1) is 16.3. The number of aromatic nitrogens is 2. The van der Waals surface area contributed by atoms with Gasteiger partial charge in [-0.1, -0.05) is 6.42 Å². The van der Waals surface area contributed by atoms with E-state index in [4.69, 9.17) is 0 Å². The Labute approximate surface area is 155 Å². The van der Waals surface area contributed by atoms with E-state index in [1.54, 1.807) is 18.3 Å². The van der Waals surface area contributed by atoms with Crippen LogP contribution in [0.4, 0.5) is 4.39 Å². The smallest absolute Gasteiger partial charge is 0.254 e. The maximum atomic E-state index is 14.3. The summed E-state index contributed by atoms with van der Waals surface area (Å²) < 4.78 is 14.3. The molecule has 3 aromatic rings. The van der Waals surface area contributed by atoms with Crippen LogP contribution in [-0.4, -0.2) is 39.2 Å². The lowest BCUT2D eigenvalue weighted by Gasteiger charge is -2.18.